The quantitative estimate of drug-likeness (QED) is 0.478. The van der Waals surface area contributed by atoms with E-state index in [-0.39, 0.29) is 17.6 Å². The Bertz CT molecular complexity index is 1350. The van der Waals surface area contributed by atoms with Gasteiger partial charge in [0.1, 0.15) is 6.33 Å². The standard InChI is InChI=1S/C25H32N6O2/c1-5-8-29-9-6-7-18(14-29)31-22-12-19(16(2)3)20(11-21(22)28-25(31)32)17-10-23(33-4)24-26-15-27-30(24)13-17/h10-13,15-16,18H,5-9,14H2,1-4H3,(H,28,32). The van der Waals surface area contributed by atoms with Crippen LogP contribution >= 0.6 is 0 Å². The lowest BCUT2D eigenvalue weighted by atomic mass is 9.92. The molecule has 0 radical (unpaired) electrons. The Labute approximate surface area is 193 Å². The summed E-state index contributed by atoms with van der Waals surface area (Å²) in [5.74, 6) is 0.951. The van der Waals surface area contributed by atoms with E-state index in [0.29, 0.717) is 11.4 Å². The zero-order valence-electron chi connectivity index (χ0n) is 19.8. The molecular weight excluding hydrogens is 416 g/mol. The number of imidazole rings is 1. The zero-order chi connectivity index (χ0) is 23.1. The molecule has 0 aliphatic carbocycles. The van der Waals surface area contributed by atoms with E-state index in [0.717, 1.165) is 61.1 Å². The first-order valence-corrected chi connectivity index (χ1v) is 11.9. The van der Waals surface area contributed by atoms with Crippen molar-refractivity contribution in [3.05, 3.63) is 46.8 Å². The lowest BCUT2D eigenvalue weighted by Crippen LogP contribution is -2.39. The number of hydrogen-bond acceptors (Lipinski definition) is 5. The minimum atomic E-state index is -0.0236. The Kier molecular flexibility index (Phi) is 5.70. The Morgan fingerprint density at radius 2 is 2.12 bits per heavy atom. The van der Waals surface area contributed by atoms with Gasteiger partial charge in [0, 0.05) is 18.3 Å². The van der Waals surface area contributed by atoms with Gasteiger partial charge in [-0.05, 0) is 67.6 Å². The van der Waals surface area contributed by atoms with Crippen LogP contribution in [0.5, 0.6) is 5.75 Å². The maximum absolute atomic E-state index is 13.1. The van der Waals surface area contributed by atoms with Gasteiger partial charge >= 0.3 is 5.69 Å². The second-order valence-electron chi connectivity index (χ2n) is 9.33. The molecule has 1 aliphatic rings. The van der Waals surface area contributed by atoms with Crippen LogP contribution in [0.15, 0.2) is 35.5 Å². The van der Waals surface area contributed by atoms with E-state index in [1.54, 1.807) is 11.6 Å². The predicted molar refractivity (Wildman–Crippen MR) is 130 cm³/mol. The van der Waals surface area contributed by atoms with E-state index in [1.807, 2.05) is 16.8 Å². The molecule has 0 spiro atoms. The molecule has 4 heterocycles. The normalized spacial score (nSPS) is 17.4. The summed E-state index contributed by atoms with van der Waals surface area (Å²) in [6.07, 6.45) is 6.78. The van der Waals surface area contributed by atoms with Crippen LogP contribution < -0.4 is 10.4 Å². The number of nitrogens with one attached hydrogen (secondary N) is 1. The maximum atomic E-state index is 13.1. The minimum absolute atomic E-state index is 0.0236. The number of methoxy groups -OCH3 is 1. The number of hydrogen-bond donors (Lipinski definition) is 1. The van der Waals surface area contributed by atoms with Crippen LogP contribution in [0.25, 0.3) is 27.8 Å². The third-order valence-electron chi connectivity index (χ3n) is 6.77. The molecule has 1 fully saturated rings. The van der Waals surface area contributed by atoms with Gasteiger partial charge in [-0.25, -0.2) is 14.3 Å². The fraction of sp³-hybridized carbons (Fsp3) is 0.480. The van der Waals surface area contributed by atoms with Crippen LogP contribution in [0.2, 0.25) is 0 Å². The van der Waals surface area contributed by atoms with Gasteiger partial charge in [0.2, 0.25) is 0 Å². The van der Waals surface area contributed by atoms with Gasteiger partial charge in [0.25, 0.3) is 0 Å². The van der Waals surface area contributed by atoms with Gasteiger partial charge in [-0.1, -0.05) is 20.8 Å². The van der Waals surface area contributed by atoms with E-state index in [9.17, 15) is 4.79 Å². The number of pyridine rings is 1. The van der Waals surface area contributed by atoms with Gasteiger partial charge in [-0.3, -0.25) is 4.57 Å². The van der Waals surface area contributed by atoms with E-state index in [2.05, 4.69) is 52.9 Å². The number of ether oxygens (including phenoxy) is 1. The Hall–Kier alpha value is -3.13. The molecule has 4 aromatic rings. The first-order chi connectivity index (χ1) is 16.0. The highest BCUT2D eigenvalue weighted by Gasteiger charge is 2.25. The minimum Gasteiger partial charge on any atom is -0.493 e. The molecule has 1 aliphatic heterocycles. The summed E-state index contributed by atoms with van der Waals surface area (Å²) in [7, 11) is 1.64. The molecule has 0 amide bonds. The number of benzene rings is 1. The van der Waals surface area contributed by atoms with E-state index in [4.69, 9.17) is 4.74 Å². The van der Waals surface area contributed by atoms with Gasteiger partial charge in [-0.15, -0.1) is 0 Å². The molecule has 1 N–H and O–H groups in total. The molecule has 8 heteroatoms. The van der Waals surface area contributed by atoms with Gasteiger partial charge < -0.3 is 14.6 Å². The van der Waals surface area contributed by atoms with E-state index < -0.39 is 0 Å². The van der Waals surface area contributed by atoms with Crippen LogP contribution in [0, 0.1) is 0 Å². The lowest BCUT2D eigenvalue weighted by molar-refractivity contribution is 0.178. The van der Waals surface area contributed by atoms with E-state index in [1.165, 1.54) is 11.9 Å². The SMILES string of the molecule is CCCN1CCCC(n2c(=O)[nH]c3cc(-c4cc(OC)c5ncnn5c4)c(C(C)C)cc32)C1. The first kappa shape index (κ1) is 21.7. The molecule has 1 aromatic carbocycles. The number of H-pyrrole nitrogens is 1. The average molecular weight is 449 g/mol. The second-order valence-corrected chi connectivity index (χ2v) is 9.33. The van der Waals surface area contributed by atoms with Crippen molar-refractivity contribution in [2.24, 2.45) is 0 Å². The van der Waals surface area contributed by atoms with Crippen molar-refractivity contribution in [1.29, 1.82) is 0 Å². The highest BCUT2D eigenvalue weighted by Crippen LogP contribution is 2.36. The third-order valence-corrected chi connectivity index (χ3v) is 6.77. The monoisotopic (exact) mass is 448 g/mol. The largest absolute Gasteiger partial charge is 0.493 e. The number of aromatic nitrogens is 5. The summed E-state index contributed by atoms with van der Waals surface area (Å²) in [5, 5.41) is 4.31. The van der Waals surface area contributed by atoms with Crippen molar-refractivity contribution in [1.82, 2.24) is 29.0 Å². The summed E-state index contributed by atoms with van der Waals surface area (Å²) in [6, 6.07) is 6.50. The molecule has 3 aromatic heterocycles. The molecule has 5 rings (SSSR count). The fourth-order valence-corrected chi connectivity index (χ4v) is 5.23. The highest BCUT2D eigenvalue weighted by atomic mass is 16.5. The number of fused-ring (bicyclic) bond motifs is 2. The fourth-order valence-electron chi connectivity index (χ4n) is 5.23. The van der Waals surface area contributed by atoms with Crippen LogP contribution in [-0.4, -0.2) is 55.8 Å². The molecule has 1 atom stereocenters. The Morgan fingerprint density at radius 1 is 1.27 bits per heavy atom. The van der Waals surface area contributed by atoms with Crippen molar-refractivity contribution in [3.8, 4) is 16.9 Å². The first-order valence-electron chi connectivity index (χ1n) is 11.9. The van der Waals surface area contributed by atoms with Crippen molar-refractivity contribution in [2.45, 2.75) is 52.0 Å². The number of likely N-dealkylation sites (tertiary alicyclic amines) is 1. The molecule has 0 bridgehead atoms. The number of piperidine rings is 1. The maximum Gasteiger partial charge on any atom is 0.326 e. The second kappa shape index (κ2) is 8.67. The van der Waals surface area contributed by atoms with Crippen LogP contribution in [-0.2, 0) is 0 Å². The van der Waals surface area contributed by atoms with Crippen molar-refractivity contribution in [3.63, 3.8) is 0 Å². The summed E-state index contributed by atoms with van der Waals surface area (Å²) < 4.78 is 9.31. The predicted octanol–water partition coefficient (Wildman–Crippen LogP) is 4.22. The van der Waals surface area contributed by atoms with Gasteiger partial charge in [0.05, 0.1) is 24.2 Å². The summed E-state index contributed by atoms with van der Waals surface area (Å²) in [5.41, 5.74) is 5.76. The molecule has 8 nitrogen and oxygen atoms in total. The molecule has 0 saturated carbocycles. The van der Waals surface area contributed by atoms with Crippen molar-refractivity contribution in [2.75, 3.05) is 26.7 Å². The number of aromatic amines is 1. The van der Waals surface area contributed by atoms with Crippen molar-refractivity contribution >= 4 is 16.7 Å². The molecule has 33 heavy (non-hydrogen) atoms. The zero-order valence-corrected chi connectivity index (χ0v) is 19.8. The Balaban J connectivity index is 1.65. The highest BCUT2D eigenvalue weighted by molar-refractivity contribution is 5.85. The van der Waals surface area contributed by atoms with Crippen LogP contribution in [0.1, 0.15) is 57.6 Å². The van der Waals surface area contributed by atoms with Gasteiger partial charge in [0.15, 0.2) is 11.4 Å². The summed E-state index contributed by atoms with van der Waals surface area (Å²) in [6.45, 7) is 9.73. The average Bonchev–Trinajstić information content (AvgIpc) is 3.40. The smallest absolute Gasteiger partial charge is 0.326 e. The van der Waals surface area contributed by atoms with Crippen molar-refractivity contribution < 1.29 is 4.74 Å². The number of nitrogens with zero attached hydrogens (tertiary/aromatic N) is 5. The molecule has 174 valence electrons. The Morgan fingerprint density at radius 3 is 2.88 bits per heavy atom. The number of rotatable bonds is 6. The van der Waals surface area contributed by atoms with E-state index >= 15 is 0 Å². The topological polar surface area (TPSA) is 80.5 Å². The molecule has 1 unspecified atom stereocenters. The summed E-state index contributed by atoms with van der Waals surface area (Å²) >= 11 is 0. The molecule has 1 saturated heterocycles. The molecular formula is C25H32N6O2. The summed E-state index contributed by atoms with van der Waals surface area (Å²) in [4.78, 5) is 23.0. The van der Waals surface area contributed by atoms with Crippen LogP contribution in [0.3, 0.4) is 0 Å². The van der Waals surface area contributed by atoms with Gasteiger partial charge in [-0.2, -0.15) is 5.10 Å². The third kappa shape index (κ3) is 3.82. The van der Waals surface area contributed by atoms with Crippen LogP contribution in [0.4, 0.5) is 0 Å². The lowest BCUT2D eigenvalue weighted by Gasteiger charge is -2.33.